The molecule has 1 aromatic rings. The third-order valence-corrected chi connectivity index (χ3v) is 5.41. The van der Waals surface area contributed by atoms with Gasteiger partial charge in [-0.15, -0.1) is 0 Å². The Hall–Kier alpha value is -3.01. The molecule has 10 heteroatoms. The van der Waals surface area contributed by atoms with Crippen LogP contribution in [0.25, 0.3) is 0 Å². The predicted octanol–water partition coefficient (Wildman–Crippen LogP) is 2.31. The molecular weight excluding hydrogens is 432 g/mol. The van der Waals surface area contributed by atoms with Crippen LogP contribution in [-0.2, 0) is 19.1 Å². The van der Waals surface area contributed by atoms with E-state index in [0.717, 1.165) is 0 Å². The third kappa shape index (κ3) is 6.98. The lowest BCUT2D eigenvalue weighted by molar-refractivity contribution is -0.196. The molecule has 3 atom stereocenters. The number of nitrogens with one attached hydrogen (secondary N) is 1. The molecule has 2 amide bonds. The van der Waals surface area contributed by atoms with Gasteiger partial charge in [-0.25, -0.2) is 9.59 Å². The molecule has 0 aliphatic carbocycles. The van der Waals surface area contributed by atoms with E-state index < -0.39 is 29.8 Å². The zero-order valence-electron chi connectivity index (χ0n) is 19.8. The van der Waals surface area contributed by atoms with Gasteiger partial charge in [0.15, 0.2) is 17.1 Å². The molecule has 0 bridgehead atoms. The van der Waals surface area contributed by atoms with Crippen LogP contribution in [-0.4, -0.2) is 78.6 Å². The van der Waals surface area contributed by atoms with Gasteiger partial charge in [-0.3, -0.25) is 4.79 Å². The lowest BCUT2D eigenvalue weighted by atomic mass is 9.95. The summed E-state index contributed by atoms with van der Waals surface area (Å²) in [4.78, 5) is 37.3. The van der Waals surface area contributed by atoms with Gasteiger partial charge in [0.2, 0.25) is 5.91 Å². The Morgan fingerprint density at radius 1 is 1.18 bits per heavy atom. The van der Waals surface area contributed by atoms with E-state index in [-0.39, 0.29) is 38.1 Å². The number of carbonyl (C=O) groups is 3. The summed E-state index contributed by atoms with van der Waals surface area (Å²) in [5.41, 5.74) is -1.26. The first-order chi connectivity index (χ1) is 15.6. The van der Waals surface area contributed by atoms with Crippen LogP contribution in [0.1, 0.15) is 34.6 Å². The summed E-state index contributed by atoms with van der Waals surface area (Å²) in [6, 6.07) is 6.26. The van der Waals surface area contributed by atoms with Crippen LogP contribution in [0.5, 0.6) is 11.5 Å². The second-order valence-corrected chi connectivity index (χ2v) is 8.29. The molecule has 1 aliphatic rings. The quantitative estimate of drug-likeness (QED) is 0.504. The zero-order valence-corrected chi connectivity index (χ0v) is 19.8. The molecule has 184 valence electrons. The van der Waals surface area contributed by atoms with E-state index in [1.54, 1.807) is 39.0 Å². The normalized spacial score (nSPS) is 20.0. The van der Waals surface area contributed by atoms with Crippen molar-refractivity contribution in [2.24, 2.45) is 5.92 Å². The highest BCUT2D eigenvalue weighted by Gasteiger charge is 2.47. The fraction of sp³-hybridized carbons (Fsp3) is 0.609. The number of morpholine rings is 1. The van der Waals surface area contributed by atoms with Gasteiger partial charge >= 0.3 is 12.1 Å². The molecule has 2 rings (SSSR count). The molecule has 0 spiro atoms. The maximum Gasteiger partial charge on any atom is 0.407 e. The Morgan fingerprint density at radius 2 is 1.82 bits per heavy atom. The molecule has 0 aromatic heterocycles. The van der Waals surface area contributed by atoms with Crippen LogP contribution in [0.4, 0.5) is 4.79 Å². The minimum absolute atomic E-state index is 0.0555. The summed E-state index contributed by atoms with van der Waals surface area (Å²) in [5, 5.41) is 12.1. The number of benzene rings is 1. The van der Waals surface area contributed by atoms with Crippen molar-refractivity contribution in [1.29, 1.82) is 0 Å². The number of para-hydroxylation sites is 2. The summed E-state index contributed by atoms with van der Waals surface area (Å²) in [6.45, 7) is 9.01. The van der Waals surface area contributed by atoms with Crippen molar-refractivity contribution in [1.82, 2.24) is 10.2 Å². The minimum atomic E-state index is -1.26. The van der Waals surface area contributed by atoms with Crippen molar-refractivity contribution in [3.63, 3.8) is 0 Å². The number of rotatable bonds is 10. The topological polar surface area (TPSA) is 124 Å². The molecule has 3 unspecified atom stereocenters. The van der Waals surface area contributed by atoms with Gasteiger partial charge < -0.3 is 34.3 Å². The second kappa shape index (κ2) is 11.7. The number of hydrogen-bond acceptors (Lipinski definition) is 7. The number of hydrogen-bond donors (Lipinski definition) is 2. The molecule has 0 saturated carbocycles. The number of nitrogens with zero attached hydrogens (tertiary/aromatic N) is 1. The highest BCUT2D eigenvalue weighted by molar-refractivity contribution is 5.83. The molecule has 10 nitrogen and oxygen atoms in total. The highest BCUT2D eigenvalue weighted by Crippen LogP contribution is 2.31. The molecule has 1 heterocycles. The predicted molar refractivity (Wildman–Crippen MR) is 119 cm³/mol. The van der Waals surface area contributed by atoms with Gasteiger partial charge in [-0.1, -0.05) is 26.0 Å². The van der Waals surface area contributed by atoms with Crippen molar-refractivity contribution in [2.45, 2.75) is 52.4 Å². The lowest BCUT2D eigenvalue weighted by Crippen LogP contribution is -2.63. The van der Waals surface area contributed by atoms with E-state index in [4.69, 9.17) is 18.9 Å². The van der Waals surface area contributed by atoms with Gasteiger partial charge in [0.1, 0.15) is 18.8 Å². The number of amides is 2. The monoisotopic (exact) mass is 466 g/mol. The van der Waals surface area contributed by atoms with Gasteiger partial charge in [0, 0.05) is 13.5 Å². The van der Waals surface area contributed by atoms with Gasteiger partial charge in [0.25, 0.3) is 0 Å². The average molecular weight is 467 g/mol. The minimum Gasteiger partial charge on any atom is -0.490 e. The Morgan fingerprint density at radius 3 is 2.36 bits per heavy atom. The van der Waals surface area contributed by atoms with Gasteiger partial charge in [-0.05, 0) is 31.9 Å². The molecule has 1 aliphatic heterocycles. The zero-order chi connectivity index (χ0) is 24.6. The summed E-state index contributed by atoms with van der Waals surface area (Å²) >= 11 is 0. The Labute approximate surface area is 194 Å². The van der Waals surface area contributed by atoms with Crippen LogP contribution in [0.15, 0.2) is 24.3 Å². The van der Waals surface area contributed by atoms with Crippen molar-refractivity contribution in [2.75, 3.05) is 32.9 Å². The number of esters is 1. The first-order valence-corrected chi connectivity index (χ1v) is 11.0. The number of carboxylic acid groups (broad SMARTS) is 1. The van der Waals surface area contributed by atoms with Crippen LogP contribution in [0.3, 0.4) is 0 Å². The third-order valence-electron chi connectivity index (χ3n) is 5.41. The van der Waals surface area contributed by atoms with E-state index in [1.165, 1.54) is 11.8 Å². The number of carbonyl (C=O) groups excluding carboxylic acids is 2. The Bertz CT molecular complexity index is 830. The van der Waals surface area contributed by atoms with Gasteiger partial charge in [0.05, 0.1) is 19.8 Å². The maximum atomic E-state index is 12.9. The SMILES string of the molecule is CCOc1ccccc1OCC1(C(C)OC(=O)C(NC(C)=O)C(C)C)CN(C(=O)O)CCO1. The smallest absolute Gasteiger partial charge is 0.407 e. The Balaban J connectivity index is 2.26. The molecule has 33 heavy (non-hydrogen) atoms. The number of ether oxygens (including phenoxy) is 4. The molecule has 1 aromatic carbocycles. The van der Waals surface area contributed by atoms with E-state index in [0.29, 0.717) is 18.1 Å². The van der Waals surface area contributed by atoms with Crippen LogP contribution in [0.2, 0.25) is 0 Å². The van der Waals surface area contributed by atoms with Gasteiger partial charge in [-0.2, -0.15) is 0 Å². The van der Waals surface area contributed by atoms with Crippen molar-refractivity contribution >= 4 is 18.0 Å². The van der Waals surface area contributed by atoms with Crippen molar-refractivity contribution in [3.8, 4) is 11.5 Å². The van der Waals surface area contributed by atoms with E-state index in [9.17, 15) is 19.5 Å². The largest absolute Gasteiger partial charge is 0.490 e. The second-order valence-electron chi connectivity index (χ2n) is 8.29. The van der Waals surface area contributed by atoms with E-state index >= 15 is 0 Å². The van der Waals surface area contributed by atoms with Crippen LogP contribution < -0.4 is 14.8 Å². The molecular formula is C23H34N2O8. The highest BCUT2D eigenvalue weighted by atomic mass is 16.6. The van der Waals surface area contributed by atoms with E-state index in [1.807, 2.05) is 13.0 Å². The first kappa shape index (κ1) is 26.2. The van der Waals surface area contributed by atoms with E-state index in [2.05, 4.69) is 5.32 Å². The molecule has 0 radical (unpaired) electrons. The standard InChI is InChI=1S/C23H34N2O8/c1-6-30-18-9-7-8-10-19(18)31-14-23(13-25(22(28)29)11-12-32-23)16(4)33-21(27)20(15(2)3)24-17(5)26/h7-10,15-16,20H,6,11-14H2,1-5H3,(H,24,26)(H,28,29). The van der Waals surface area contributed by atoms with Crippen molar-refractivity contribution in [3.05, 3.63) is 24.3 Å². The lowest BCUT2D eigenvalue weighted by Gasteiger charge is -2.44. The summed E-state index contributed by atoms with van der Waals surface area (Å²) < 4.78 is 23.3. The van der Waals surface area contributed by atoms with Crippen LogP contribution in [0, 0.1) is 5.92 Å². The summed E-state index contributed by atoms with van der Waals surface area (Å²) in [7, 11) is 0. The summed E-state index contributed by atoms with van der Waals surface area (Å²) in [5.74, 6) is -0.183. The first-order valence-electron chi connectivity index (χ1n) is 11.0. The fourth-order valence-electron chi connectivity index (χ4n) is 3.54. The molecule has 1 saturated heterocycles. The summed E-state index contributed by atoms with van der Waals surface area (Å²) in [6.07, 6.45) is -1.98. The fourth-order valence-corrected chi connectivity index (χ4v) is 3.54. The Kier molecular flexibility index (Phi) is 9.33. The molecule has 2 N–H and O–H groups in total. The van der Waals surface area contributed by atoms with Crippen molar-refractivity contribution < 1.29 is 38.4 Å². The average Bonchev–Trinajstić information content (AvgIpc) is 2.76. The van der Waals surface area contributed by atoms with Crippen LogP contribution >= 0.6 is 0 Å². The molecule has 1 fully saturated rings. The maximum absolute atomic E-state index is 12.9.